The van der Waals surface area contributed by atoms with Crippen molar-refractivity contribution in [2.45, 2.75) is 38.1 Å². The van der Waals surface area contributed by atoms with Crippen LogP contribution in [-0.2, 0) is 22.4 Å². The predicted octanol–water partition coefficient (Wildman–Crippen LogP) is 3.62. The maximum atomic E-state index is 12.4. The SMILES string of the molecule is O=C(CCc1ccc(Cl)cc1)NC1CCN(C(=O)Cc2ccccc2)CC1. The topological polar surface area (TPSA) is 49.4 Å². The van der Waals surface area contributed by atoms with Gasteiger partial charge in [-0.2, -0.15) is 0 Å². The molecule has 0 aliphatic carbocycles. The molecule has 0 aromatic heterocycles. The molecule has 2 aromatic rings. The Morgan fingerprint density at radius 3 is 2.30 bits per heavy atom. The van der Waals surface area contributed by atoms with Crippen molar-refractivity contribution in [1.29, 1.82) is 0 Å². The summed E-state index contributed by atoms with van der Waals surface area (Å²) in [5.41, 5.74) is 2.15. The Morgan fingerprint density at radius 2 is 1.63 bits per heavy atom. The second-order valence-electron chi connectivity index (χ2n) is 7.01. The van der Waals surface area contributed by atoms with Crippen molar-refractivity contribution in [2.75, 3.05) is 13.1 Å². The van der Waals surface area contributed by atoms with Crippen LogP contribution in [0.1, 0.15) is 30.4 Å². The van der Waals surface area contributed by atoms with E-state index in [0.29, 0.717) is 37.4 Å². The van der Waals surface area contributed by atoms with Crippen molar-refractivity contribution in [2.24, 2.45) is 0 Å². The molecule has 4 nitrogen and oxygen atoms in total. The highest BCUT2D eigenvalue weighted by Gasteiger charge is 2.23. The van der Waals surface area contributed by atoms with Crippen LogP contribution in [-0.4, -0.2) is 35.8 Å². The molecule has 0 spiro atoms. The van der Waals surface area contributed by atoms with Crippen LogP contribution in [0.15, 0.2) is 54.6 Å². The average Bonchev–Trinajstić information content (AvgIpc) is 2.69. The molecule has 1 aliphatic rings. The highest BCUT2D eigenvalue weighted by atomic mass is 35.5. The monoisotopic (exact) mass is 384 g/mol. The van der Waals surface area contributed by atoms with Gasteiger partial charge in [-0.15, -0.1) is 0 Å². The van der Waals surface area contributed by atoms with Gasteiger partial charge in [0.05, 0.1) is 6.42 Å². The first-order valence-electron chi connectivity index (χ1n) is 9.45. The Bertz CT molecular complexity index is 754. The van der Waals surface area contributed by atoms with Crippen molar-refractivity contribution < 1.29 is 9.59 Å². The summed E-state index contributed by atoms with van der Waals surface area (Å²) in [5.74, 6) is 0.229. The lowest BCUT2D eigenvalue weighted by Gasteiger charge is -2.32. The molecule has 1 fully saturated rings. The maximum absolute atomic E-state index is 12.4. The summed E-state index contributed by atoms with van der Waals surface area (Å²) >= 11 is 5.88. The third-order valence-corrected chi connectivity index (χ3v) is 5.22. The van der Waals surface area contributed by atoms with E-state index in [9.17, 15) is 9.59 Å². The molecule has 0 radical (unpaired) electrons. The summed E-state index contributed by atoms with van der Waals surface area (Å²) in [6.07, 6.45) is 3.24. The van der Waals surface area contributed by atoms with Crippen molar-refractivity contribution in [1.82, 2.24) is 10.2 Å². The van der Waals surface area contributed by atoms with Gasteiger partial charge in [0.2, 0.25) is 11.8 Å². The lowest BCUT2D eigenvalue weighted by molar-refractivity contribution is -0.131. The molecule has 3 rings (SSSR count). The van der Waals surface area contributed by atoms with Gasteiger partial charge in [0.15, 0.2) is 0 Å². The first kappa shape index (κ1) is 19.4. The number of amides is 2. The molecule has 1 heterocycles. The van der Waals surface area contributed by atoms with Crippen LogP contribution < -0.4 is 5.32 Å². The minimum absolute atomic E-state index is 0.0685. The smallest absolute Gasteiger partial charge is 0.226 e. The zero-order chi connectivity index (χ0) is 19.1. The van der Waals surface area contributed by atoms with E-state index < -0.39 is 0 Å². The lowest BCUT2D eigenvalue weighted by Crippen LogP contribution is -2.47. The van der Waals surface area contributed by atoms with Gasteiger partial charge in [-0.1, -0.05) is 54.1 Å². The fraction of sp³-hybridized carbons (Fsp3) is 0.364. The molecular formula is C22H25ClN2O2. The number of benzene rings is 2. The van der Waals surface area contributed by atoms with Crippen LogP contribution in [0.2, 0.25) is 5.02 Å². The quantitative estimate of drug-likeness (QED) is 0.826. The van der Waals surface area contributed by atoms with Crippen LogP contribution in [0.25, 0.3) is 0 Å². The zero-order valence-corrected chi connectivity index (χ0v) is 16.1. The fourth-order valence-electron chi connectivity index (χ4n) is 3.36. The highest BCUT2D eigenvalue weighted by Crippen LogP contribution is 2.14. The zero-order valence-electron chi connectivity index (χ0n) is 15.4. The normalized spacial score (nSPS) is 14.8. The second kappa shape index (κ2) is 9.56. The average molecular weight is 385 g/mol. The number of hydrogen-bond acceptors (Lipinski definition) is 2. The summed E-state index contributed by atoms with van der Waals surface area (Å²) in [4.78, 5) is 26.5. The van der Waals surface area contributed by atoms with E-state index in [2.05, 4.69) is 5.32 Å². The number of nitrogens with zero attached hydrogens (tertiary/aromatic N) is 1. The van der Waals surface area contributed by atoms with Gasteiger partial charge >= 0.3 is 0 Å². The largest absolute Gasteiger partial charge is 0.353 e. The summed E-state index contributed by atoms with van der Waals surface area (Å²) in [6, 6.07) is 17.6. The summed E-state index contributed by atoms with van der Waals surface area (Å²) < 4.78 is 0. The molecule has 5 heteroatoms. The Kier molecular flexibility index (Phi) is 6.88. The van der Waals surface area contributed by atoms with Gasteiger partial charge < -0.3 is 10.2 Å². The molecule has 0 unspecified atom stereocenters. The number of nitrogens with one attached hydrogen (secondary N) is 1. The van der Waals surface area contributed by atoms with E-state index in [1.165, 1.54) is 0 Å². The Labute approximate surface area is 165 Å². The van der Waals surface area contributed by atoms with E-state index >= 15 is 0 Å². The van der Waals surface area contributed by atoms with E-state index in [0.717, 1.165) is 24.0 Å². The molecule has 2 amide bonds. The van der Waals surface area contributed by atoms with Crippen LogP contribution in [0.5, 0.6) is 0 Å². The molecule has 2 aromatic carbocycles. The minimum Gasteiger partial charge on any atom is -0.353 e. The first-order valence-corrected chi connectivity index (χ1v) is 9.83. The van der Waals surface area contributed by atoms with E-state index in [-0.39, 0.29) is 17.9 Å². The lowest BCUT2D eigenvalue weighted by atomic mass is 10.0. The molecule has 142 valence electrons. The van der Waals surface area contributed by atoms with Crippen molar-refractivity contribution in [3.8, 4) is 0 Å². The number of rotatable bonds is 6. The molecule has 1 N–H and O–H groups in total. The minimum atomic E-state index is 0.0685. The molecular weight excluding hydrogens is 360 g/mol. The standard InChI is InChI=1S/C22H25ClN2O2/c23-19-9-6-17(7-10-19)8-11-21(26)24-20-12-14-25(15-13-20)22(27)16-18-4-2-1-3-5-18/h1-7,9-10,20H,8,11-16H2,(H,24,26). The number of carbonyl (C=O) groups is 2. The Balaban J connectivity index is 1.38. The summed E-state index contributed by atoms with van der Waals surface area (Å²) in [6.45, 7) is 1.40. The Morgan fingerprint density at radius 1 is 0.963 bits per heavy atom. The van der Waals surface area contributed by atoms with Gasteiger partial charge in [0, 0.05) is 30.6 Å². The van der Waals surface area contributed by atoms with Crippen molar-refractivity contribution in [3.05, 3.63) is 70.7 Å². The molecule has 1 aliphatic heterocycles. The van der Waals surface area contributed by atoms with Gasteiger partial charge in [-0.3, -0.25) is 9.59 Å². The maximum Gasteiger partial charge on any atom is 0.226 e. The highest BCUT2D eigenvalue weighted by molar-refractivity contribution is 6.30. The first-order chi connectivity index (χ1) is 13.1. The molecule has 0 atom stereocenters. The molecule has 0 bridgehead atoms. The summed E-state index contributed by atoms with van der Waals surface area (Å²) in [7, 11) is 0. The fourth-order valence-corrected chi connectivity index (χ4v) is 3.49. The number of halogens is 1. The van der Waals surface area contributed by atoms with Crippen LogP contribution in [0.3, 0.4) is 0 Å². The number of piperidine rings is 1. The van der Waals surface area contributed by atoms with E-state index in [1.807, 2.05) is 59.5 Å². The van der Waals surface area contributed by atoms with Crippen LogP contribution in [0, 0.1) is 0 Å². The van der Waals surface area contributed by atoms with Crippen LogP contribution >= 0.6 is 11.6 Å². The molecule has 1 saturated heterocycles. The molecule has 27 heavy (non-hydrogen) atoms. The van der Waals surface area contributed by atoms with Gasteiger partial charge in [0.25, 0.3) is 0 Å². The second-order valence-corrected chi connectivity index (χ2v) is 7.45. The van der Waals surface area contributed by atoms with E-state index in [4.69, 9.17) is 11.6 Å². The van der Waals surface area contributed by atoms with Crippen molar-refractivity contribution >= 4 is 23.4 Å². The van der Waals surface area contributed by atoms with Gasteiger partial charge in [0.1, 0.15) is 0 Å². The number of carbonyl (C=O) groups excluding carboxylic acids is 2. The van der Waals surface area contributed by atoms with Gasteiger partial charge in [-0.25, -0.2) is 0 Å². The number of hydrogen-bond donors (Lipinski definition) is 1. The third-order valence-electron chi connectivity index (χ3n) is 4.96. The molecule has 0 saturated carbocycles. The van der Waals surface area contributed by atoms with E-state index in [1.54, 1.807) is 0 Å². The number of likely N-dealkylation sites (tertiary alicyclic amines) is 1. The Hall–Kier alpha value is -2.33. The van der Waals surface area contributed by atoms with Gasteiger partial charge in [-0.05, 0) is 42.5 Å². The summed E-state index contributed by atoms with van der Waals surface area (Å²) in [5, 5.41) is 3.81. The third kappa shape index (κ3) is 6.10. The predicted molar refractivity (Wildman–Crippen MR) is 108 cm³/mol. The van der Waals surface area contributed by atoms with Crippen molar-refractivity contribution in [3.63, 3.8) is 0 Å². The van der Waals surface area contributed by atoms with Crippen LogP contribution in [0.4, 0.5) is 0 Å². The number of aryl methyl sites for hydroxylation is 1.